The molecule has 2 saturated carbocycles. The summed E-state index contributed by atoms with van der Waals surface area (Å²) in [4.78, 5) is 18.8. The van der Waals surface area contributed by atoms with Gasteiger partial charge in [-0.2, -0.15) is 4.98 Å². The van der Waals surface area contributed by atoms with E-state index in [1.165, 1.54) is 6.07 Å². The van der Waals surface area contributed by atoms with E-state index in [4.69, 9.17) is 4.52 Å². The first-order valence-corrected chi connectivity index (χ1v) is 7.46. The number of hydrogen-bond donors (Lipinski definition) is 1. The lowest BCUT2D eigenvalue weighted by molar-refractivity contribution is 0.00749. The second-order valence-electron chi connectivity index (χ2n) is 6.22. The maximum Gasteiger partial charge on any atom is 0.258 e. The number of H-pyrrole nitrogens is 1. The lowest BCUT2D eigenvalue weighted by Gasteiger charge is -2.06. The van der Waals surface area contributed by atoms with E-state index in [1.54, 1.807) is 0 Å². The van der Waals surface area contributed by atoms with Crippen LogP contribution >= 0.6 is 0 Å². The summed E-state index contributed by atoms with van der Waals surface area (Å²) in [5.41, 5.74) is 1.20. The van der Waals surface area contributed by atoms with Crippen LogP contribution in [0.3, 0.4) is 0 Å². The number of rotatable bonds is 3. The molecule has 0 saturated heterocycles. The Balaban J connectivity index is 1.63. The highest BCUT2D eigenvalue weighted by molar-refractivity contribution is 5.53. The summed E-state index contributed by atoms with van der Waals surface area (Å²) < 4.78 is 31.7. The number of pyridine rings is 1. The molecule has 0 bridgehead atoms. The molecule has 2 aromatic heterocycles. The van der Waals surface area contributed by atoms with Gasteiger partial charge in [-0.25, -0.2) is 8.78 Å². The highest BCUT2D eigenvalue weighted by atomic mass is 19.3. The van der Waals surface area contributed by atoms with Crippen molar-refractivity contribution in [3.05, 3.63) is 34.0 Å². The second kappa shape index (κ2) is 4.72. The average Bonchev–Trinajstić information content (AvgIpc) is 3.08. The van der Waals surface area contributed by atoms with Crippen LogP contribution in [-0.4, -0.2) is 21.0 Å². The molecule has 1 N–H and O–H groups in total. The maximum absolute atomic E-state index is 13.3. The molecule has 1 unspecified atom stereocenters. The van der Waals surface area contributed by atoms with Crippen LogP contribution in [0.25, 0.3) is 11.5 Å². The standard InChI is InChI=1S/C15H15F2N3O2/c16-15(17)4-3-9(7-15)13-19-14(22-20-13)10-5-11(8-1-2-8)18-12(21)6-10/h5-6,8-9H,1-4,7H2,(H,18,21). The monoisotopic (exact) mass is 307 g/mol. The summed E-state index contributed by atoms with van der Waals surface area (Å²) in [6.07, 6.45) is 2.10. The summed E-state index contributed by atoms with van der Waals surface area (Å²) in [5.74, 6) is -2.10. The van der Waals surface area contributed by atoms with Gasteiger partial charge in [0.25, 0.3) is 5.89 Å². The first-order valence-electron chi connectivity index (χ1n) is 7.46. The topological polar surface area (TPSA) is 71.8 Å². The van der Waals surface area contributed by atoms with Crippen molar-refractivity contribution in [2.45, 2.75) is 49.9 Å². The molecular weight excluding hydrogens is 292 g/mol. The zero-order valence-corrected chi connectivity index (χ0v) is 11.8. The molecule has 2 fully saturated rings. The number of aromatic amines is 1. The Morgan fingerprint density at radius 3 is 2.73 bits per heavy atom. The van der Waals surface area contributed by atoms with E-state index in [-0.39, 0.29) is 30.2 Å². The van der Waals surface area contributed by atoms with Crippen molar-refractivity contribution in [2.75, 3.05) is 0 Å². The number of aromatic nitrogens is 3. The molecule has 0 radical (unpaired) electrons. The first-order chi connectivity index (χ1) is 10.5. The Morgan fingerprint density at radius 1 is 1.23 bits per heavy atom. The van der Waals surface area contributed by atoms with E-state index in [0.29, 0.717) is 23.7 Å². The number of hydrogen-bond acceptors (Lipinski definition) is 4. The van der Waals surface area contributed by atoms with Crippen molar-refractivity contribution in [1.82, 2.24) is 15.1 Å². The van der Waals surface area contributed by atoms with Gasteiger partial charge >= 0.3 is 0 Å². The van der Waals surface area contributed by atoms with E-state index in [9.17, 15) is 13.6 Å². The number of nitrogens with one attached hydrogen (secondary N) is 1. The van der Waals surface area contributed by atoms with Gasteiger partial charge in [0.15, 0.2) is 5.82 Å². The van der Waals surface area contributed by atoms with Gasteiger partial charge in [0, 0.05) is 36.1 Å². The van der Waals surface area contributed by atoms with Crippen LogP contribution in [0.1, 0.15) is 55.5 Å². The summed E-state index contributed by atoms with van der Waals surface area (Å²) in [6, 6.07) is 3.23. The fourth-order valence-electron chi connectivity index (χ4n) is 2.99. The first kappa shape index (κ1) is 13.6. The van der Waals surface area contributed by atoms with E-state index in [2.05, 4.69) is 15.1 Å². The van der Waals surface area contributed by atoms with Gasteiger partial charge in [-0.15, -0.1) is 0 Å². The molecular formula is C15H15F2N3O2. The molecule has 2 aromatic rings. The van der Waals surface area contributed by atoms with E-state index in [1.807, 2.05) is 6.07 Å². The Kier molecular flexibility index (Phi) is 2.92. The molecule has 0 aromatic carbocycles. The van der Waals surface area contributed by atoms with Gasteiger partial charge in [-0.05, 0) is 31.2 Å². The van der Waals surface area contributed by atoms with Crippen LogP contribution in [0.5, 0.6) is 0 Å². The quantitative estimate of drug-likeness (QED) is 0.945. The average molecular weight is 307 g/mol. The van der Waals surface area contributed by atoms with Crippen molar-refractivity contribution in [2.24, 2.45) is 0 Å². The number of nitrogens with zero attached hydrogens (tertiary/aromatic N) is 2. The molecule has 7 heteroatoms. The Hall–Kier alpha value is -2.05. The van der Waals surface area contributed by atoms with Gasteiger partial charge in [-0.3, -0.25) is 4.79 Å². The fourth-order valence-corrected chi connectivity index (χ4v) is 2.99. The lowest BCUT2D eigenvalue weighted by atomic mass is 10.1. The van der Waals surface area contributed by atoms with E-state index >= 15 is 0 Å². The fraction of sp³-hybridized carbons (Fsp3) is 0.533. The largest absolute Gasteiger partial charge is 0.334 e. The third-order valence-electron chi connectivity index (χ3n) is 4.34. The zero-order chi connectivity index (χ0) is 15.3. The van der Waals surface area contributed by atoms with Gasteiger partial charge in [0.1, 0.15) is 0 Å². The predicted octanol–water partition coefficient (Wildman–Crippen LogP) is 3.21. The number of alkyl halides is 2. The van der Waals surface area contributed by atoms with E-state index in [0.717, 1.165) is 18.5 Å². The molecule has 1 atom stereocenters. The minimum atomic E-state index is -2.64. The van der Waals surface area contributed by atoms with Crippen molar-refractivity contribution in [3.8, 4) is 11.5 Å². The normalized spacial score (nSPS) is 23.8. The Labute approximate surface area is 124 Å². The maximum atomic E-state index is 13.3. The molecule has 0 aliphatic heterocycles. The van der Waals surface area contributed by atoms with Gasteiger partial charge in [0.2, 0.25) is 11.5 Å². The van der Waals surface area contributed by atoms with Crippen molar-refractivity contribution in [1.29, 1.82) is 0 Å². The third-order valence-corrected chi connectivity index (χ3v) is 4.34. The summed E-state index contributed by atoms with van der Waals surface area (Å²) in [5, 5.41) is 3.83. The van der Waals surface area contributed by atoms with Crippen molar-refractivity contribution in [3.63, 3.8) is 0 Å². The Morgan fingerprint density at radius 2 is 2.05 bits per heavy atom. The minimum Gasteiger partial charge on any atom is -0.334 e. The predicted molar refractivity (Wildman–Crippen MR) is 73.9 cm³/mol. The molecule has 116 valence electrons. The van der Waals surface area contributed by atoms with Crippen molar-refractivity contribution < 1.29 is 13.3 Å². The molecule has 4 rings (SSSR count). The molecule has 0 spiro atoms. The molecule has 22 heavy (non-hydrogen) atoms. The highest BCUT2D eigenvalue weighted by Crippen LogP contribution is 2.43. The van der Waals surface area contributed by atoms with Crippen LogP contribution in [0.4, 0.5) is 8.78 Å². The van der Waals surface area contributed by atoms with Gasteiger partial charge < -0.3 is 9.51 Å². The van der Waals surface area contributed by atoms with Crippen LogP contribution < -0.4 is 5.56 Å². The van der Waals surface area contributed by atoms with Crippen LogP contribution in [0.15, 0.2) is 21.5 Å². The Bertz CT molecular complexity index is 764. The number of halogens is 2. The van der Waals surface area contributed by atoms with Gasteiger partial charge in [0.05, 0.1) is 0 Å². The van der Waals surface area contributed by atoms with Gasteiger partial charge in [-0.1, -0.05) is 5.16 Å². The highest BCUT2D eigenvalue weighted by Gasteiger charge is 2.42. The third kappa shape index (κ3) is 2.55. The van der Waals surface area contributed by atoms with E-state index < -0.39 is 5.92 Å². The molecule has 2 aliphatic carbocycles. The van der Waals surface area contributed by atoms with Crippen LogP contribution in [0.2, 0.25) is 0 Å². The summed E-state index contributed by atoms with van der Waals surface area (Å²) >= 11 is 0. The summed E-state index contributed by atoms with van der Waals surface area (Å²) in [6.45, 7) is 0. The molecule has 2 aliphatic rings. The molecule has 5 nitrogen and oxygen atoms in total. The SMILES string of the molecule is O=c1cc(-c2nc(C3CCC(F)(F)C3)no2)cc(C2CC2)[nH]1. The zero-order valence-electron chi connectivity index (χ0n) is 11.8. The lowest BCUT2D eigenvalue weighted by Crippen LogP contribution is -2.09. The second-order valence-corrected chi connectivity index (χ2v) is 6.22. The molecule has 2 heterocycles. The molecule has 0 amide bonds. The van der Waals surface area contributed by atoms with Crippen LogP contribution in [-0.2, 0) is 0 Å². The smallest absolute Gasteiger partial charge is 0.258 e. The van der Waals surface area contributed by atoms with Crippen molar-refractivity contribution >= 4 is 0 Å². The van der Waals surface area contributed by atoms with Crippen LogP contribution in [0, 0.1) is 0 Å². The summed E-state index contributed by atoms with van der Waals surface area (Å²) in [7, 11) is 0. The minimum absolute atomic E-state index is 0.141.